The van der Waals surface area contributed by atoms with E-state index in [1.807, 2.05) is 45.9 Å². The van der Waals surface area contributed by atoms with Gasteiger partial charge in [0.2, 0.25) is 0 Å². The second kappa shape index (κ2) is 9.23. The number of anilines is 1. The van der Waals surface area contributed by atoms with Crippen molar-refractivity contribution in [1.29, 1.82) is 0 Å². The molecule has 0 heterocycles. The Labute approximate surface area is 144 Å². The summed E-state index contributed by atoms with van der Waals surface area (Å²) in [6.45, 7) is 12.9. The minimum atomic E-state index is -0.881. The highest BCUT2D eigenvalue weighted by atomic mass is 16.6. The lowest BCUT2D eigenvalue weighted by Crippen LogP contribution is -2.39. The first-order chi connectivity index (χ1) is 11.3. The van der Waals surface area contributed by atoms with Gasteiger partial charge in [-0.1, -0.05) is 37.6 Å². The fourth-order valence-corrected chi connectivity index (χ4v) is 2.15. The van der Waals surface area contributed by atoms with Crippen molar-refractivity contribution in [1.82, 2.24) is 0 Å². The fraction of sp³-hybridized carbons (Fsp3) is 0.474. The average molecular weight is 333 g/mol. The van der Waals surface area contributed by atoms with Gasteiger partial charge in [0.05, 0.1) is 6.61 Å². The van der Waals surface area contributed by atoms with Crippen LogP contribution in [0.5, 0.6) is 0 Å². The van der Waals surface area contributed by atoms with Crippen LogP contribution in [0.25, 0.3) is 0 Å². The first-order valence-electron chi connectivity index (χ1n) is 8.07. The Morgan fingerprint density at radius 2 is 1.92 bits per heavy atom. The van der Waals surface area contributed by atoms with Crippen molar-refractivity contribution < 1.29 is 19.1 Å². The molecule has 2 unspecified atom stereocenters. The number of carbonyl (C=O) groups is 2. The number of ether oxygens (including phenoxy) is 2. The number of aryl methyl sites for hydroxylation is 2. The van der Waals surface area contributed by atoms with Crippen molar-refractivity contribution in [2.45, 2.75) is 46.8 Å². The van der Waals surface area contributed by atoms with Crippen LogP contribution in [0.3, 0.4) is 0 Å². The largest absolute Gasteiger partial charge is 0.450 e. The number of carbonyl (C=O) groups excluding carboxylic acids is 2. The number of rotatable bonds is 8. The Kier molecular flexibility index (Phi) is 7.65. The molecule has 0 spiro atoms. The Balaban J connectivity index is 2.78. The second-order valence-corrected chi connectivity index (χ2v) is 6.17. The number of esters is 1. The number of benzene rings is 1. The summed E-state index contributed by atoms with van der Waals surface area (Å²) >= 11 is 0. The predicted octanol–water partition coefficient (Wildman–Crippen LogP) is 3.40. The molecule has 24 heavy (non-hydrogen) atoms. The van der Waals surface area contributed by atoms with Crippen LogP contribution in [-0.4, -0.2) is 30.7 Å². The van der Waals surface area contributed by atoms with Crippen LogP contribution in [0.4, 0.5) is 5.69 Å². The first-order valence-corrected chi connectivity index (χ1v) is 8.07. The average Bonchev–Trinajstić information content (AvgIpc) is 2.52. The third kappa shape index (κ3) is 5.81. The van der Waals surface area contributed by atoms with E-state index in [0.29, 0.717) is 5.69 Å². The molecule has 0 saturated heterocycles. The van der Waals surface area contributed by atoms with Crippen molar-refractivity contribution in [3.63, 3.8) is 0 Å². The van der Waals surface area contributed by atoms with Gasteiger partial charge in [-0.25, -0.2) is 4.79 Å². The van der Waals surface area contributed by atoms with E-state index in [2.05, 4.69) is 11.9 Å². The molecule has 0 saturated carbocycles. The highest BCUT2D eigenvalue weighted by molar-refractivity contribution is 5.96. The Morgan fingerprint density at radius 3 is 2.46 bits per heavy atom. The molecular weight excluding hydrogens is 306 g/mol. The number of hydrogen-bond acceptors (Lipinski definition) is 4. The van der Waals surface area contributed by atoms with Crippen molar-refractivity contribution in [3.05, 3.63) is 42.0 Å². The number of hydrogen-bond donors (Lipinski definition) is 1. The number of nitrogens with one attached hydrogen (secondary N) is 1. The van der Waals surface area contributed by atoms with Gasteiger partial charge in [0.1, 0.15) is 0 Å². The molecule has 1 aromatic rings. The van der Waals surface area contributed by atoms with Crippen LogP contribution in [0.1, 0.15) is 31.9 Å². The summed E-state index contributed by atoms with van der Waals surface area (Å²) in [5.74, 6) is -1.07. The summed E-state index contributed by atoms with van der Waals surface area (Å²) in [5.41, 5.74) is 2.79. The molecule has 2 atom stereocenters. The minimum Gasteiger partial charge on any atom is -0.450 e. The van der Waals surface area contributed by atoms with E-state index in [0.717, 1.165) is 11.1 Å². The van der Waals surface area contributed by atoms with Gasteiger partial charge in [0, 0.05) is 5.69 Å². The quantitative estimate of drug-likeness (QED) is 0.585. The third-order valence-electron chi connectivity index (χ3n) is 3.54. The minimum absolute atomic E-state index is 0.161. The van der Waals surface area contributed by atoms with Crippen LogP contribution in [0.2, 0.25) is 0 Å². The lowest BCUT2D eigenvalue weighted by Gasteiger charge is -2.23. The standard InChI is InChI=1S/C19H27NO4/c1-7-10-23-15(6)19(22)24-17(12(2)3)18(21)20-16-9-8-13(4)11-14(16)5/h7-9,11-12,15,17H,1,10H2,2-6H3,(H,20,21). The van der Waals surface area contributed by atoms with Crippen molar-refractivity contribution in [2.24, 2.45) is 5.92 Å². The molecule has 0 aromatic heterocycles. The first kappa shape index (κ1) is 19.9. The van der Waals surface area contributed by atoms with Crippen LogP contribution < -0.4 is 5.32 Å². The van der Waals surface area contributed by atoms with E-state index in [9.17, 15) is 9.59 Å². The maximum Gasteiger partial charge on any atom is 0.335 e. The molecule has 0 aliphatic rings. The molecule has 0 aliphatic heterocycles. The van der Waals surface area contributed by atoms with Crippen molar-refractivity contribution in [3.8, 4) is 0 Å². The zero-order valence-electron chi connectivity index (χ0n) is 15.1. The highest BCUT2D eigenvalue weighted by Crippen LogP contribution is 2.18. The van der Waals surface area contributed by atoms with Crippen LogP contribution in [-0.2, 0) is 19.1 Å². The van der Waals surface area contributed by atoms with E-state index in [1.54, 1.807) is 13.0 Å². The van der Waals surface area contributed by atoms with E-state index >= 15 is 0 Å². The zero-order chi connectivity index (χ0) is 18.3. The summed E-state index contributed by atoms with van der Waals surface area (Å²) in [5, 5.41) is 2.83. The monoisotopic (exact) mass is 333 g/mol. The van der Waals surface area contributed by atoms with Gasteiger partial charge < -0.3 is 14.8 Å². The molecule has 0 bridgehead atoms. The smallest absolute Gasteiger partial charge is 0.335 e. The van der Waals surface area contributed by atoms with Crippen LogP contribution in [0, 0.1) is 19.8 Å². The van der Waals surface area contributed by atoms with Gasteiger partial charge in [-0.05, 0) is 38.3 Å². The third-order valence-corrected chi connectivity index (χ3v) is 3.54. The lowest BCUT2D eigenvalue weighted by atomic mass is 10.1. The molecular formula is C19H27NO4. The summed E-state index contributed by atoms with van der Waals surface area (Å²) in [4.78, 5) is 24.6. The molecule has 5 nitrogen and oxygen atoms in total. The zero-order valence-corrected chi connectivity index (χ0v) is 15.1. The van der Waals surface area contributed by atoms with Crippen molar-refractivity contribution >= 4 is 17.6 Å². The van der Waals surface area contributed by atoms with E-state index in [-0.39, 0.29) is 18.4 Å². The molecule has 1 aromatic carbocycles. The van der Waals surface area contributed by atoms with Crippen LogP contribution >= 0.6 is 0 Å². The second-order valence-electron chi connectivity index (χ2n) is 6.17. The fourth-order valence-electron chi connectivity index (χ4n) is 2.15. The predicted molar refractivity (Wildman–Crippen MR) is 94.9 cm³/mol. The maximum absolute atomic E-state index is 12.5. The SMILES string of the molecule is C=CCOC(C)C(=O)OC(C(=O)Nc1ccc(C)cc1C)C(C)C. The van der Waals surface area contributed by atoms with Crippen molar-refractivity contribution in [2.75, 3.05) is 11.9 Å². The topological polar surface area (TPSA) is 64.6 Å². The lowest BCUT2D eigenvalue weighted by molar-refractivity contribution is -0.166. The van der Waals surface area contributed by atoms with Gasteiger partial charge in [0.25, 0.3) is 5.91 Å². The molecule has 0 aliphatic carbocycles. The van der Waals surface area contributed by atoms with E-state index < -0.39 is 18.2 Å². The Hall–Kier alpha value is -2.14. The summed E-state index contributed by atoms with van der Waals surface area (Å²) in [6, 6.07) is 5.75. The normalized spacial score (nSPS) is 13.2. The van der Waals surface area contributed by atoms with Gasteiger partial charge in [0.15, 0.2) is 12.2 Å². The maximum atomic E-state index is 12.5. The van der Waals surface area contributed by atoms with Gasteiger partial charge in [-0.3, -0.25) is 4.79 Å². The van der Waals surface area contributed by atoms with E-state index in [1.165, 1.54) is 0 Å². The molecule has 1 amide bonds. The Morgan fingerprint density at radius 1 is 1.25 bits per heavy atom. The Bertz CT molecular complexity index is 595. The summed E-state index contributed by atoms with van der Waals surface area (Å²) in [6.07, 6.45) is -0.0810. The molecule has 1 rings (SSSR count). The summed E-state index contributed by atoms with van der Waals surface area (Å²) < 4.78 is 10.6. The summed E-state index contributed by atoms with van der Waals surface area (Å²) in [7, 11) is 0. The molecule has 5 heteroatoms. The highest BCUT2D eigenvalue weighted by Gasteiger charge is 2.29. The van der Waals surface area contributed by atoms with Gasteiger partial charge >= 0.3 is 5.97 Å². The van der Waals surface area contributed by atoms with E-state index in [4.69, 9.17) is 9.47 Å². The molecule has 132 valence electrons. The molecule has 0 radical (unpaired) electrons. The number of amides is 1. The van der Waals surface area contributed by atoms with Gasteiger partial charge in [-0.2, -0.15) is 0 Å². The molecule has 1 N–H and O–H groups in total. The van der Waals surface area contributed by atoms with Crippen LogP contribution in [0.15, 0.2) is 30.9 Å². The molecule has 0 fully saturated rings. The van der Waals surface area contributed by atoms with Gasteiger partial charge in [-0.15, -0.1) is 6.58 Å².